The highest BCUT2D eigenvalue weighted by Crippen LogP contribution is 2.36. The van der Waals surface area contributed by atoms with E-state index >= 15 is 0 Å². The van der Waals surface area contributed by atoms with E-state index in [-0.39, 0.29) is 5.70 Å². The van der Waals surface area contributed by atoms with Crippen LogP contribution in [0.15, 0.2) is 78.2 Å². The van der Waals surface area contributed by atoms with Gasteiger partial charge >= 0.3 is 6.09 Å². The van der Waals surface area contributed by atoms with Gasteiger partial charge in [-0.25, -0.2) is 10.2 Å². The Labute approximate surface area is 204 Å². The summed E-state index contributed by atoms with van der Waals surface area (Å²) in [4.78, 5) is 39.5. The maximum atomic E-state index is 13.0. The van der Waals surface area contributed by atoms with Crippen molar-refractivity contribution in [2.45, 2.75) is 44.4 Å². The van der Waals surface area contributed by atoms with E-state index in [1.165, 1.54) is 18.1 Å². The molecule has 2 aliphatic heterocycles. The molecule has 3 amide bonds. The summed E-state index contributed by atoms with van der Waals surface area (Å²) in [6, 6.07) is 17.8. The van der Waals surface area contributed by atoms with Gasteiger partial charge in [0.2, 0.25) is 5.91 Å². The fourth-order valence-electron chi connectivity index (χ4n) is 4.44. The number of aliphatic hydroxyl groups is 1. The molecule has 2 aromatic rings. The molecule has 1 fully saturated rings. The lowest BCUT2D eigenvalue weighted by molar-refractivity contribution is -0.138. The van der Waals surface area contributed by atoms with Crippen molar-refractivity contribution >= 4 is 17.9 Å². The second-order valence-electron chi connectivity index (χ2n) is 9.63. The number of nitrogens with zero attached hydrogens (tertiary/aromatic N) is 2. The molecule has 2 N–H and O–H groups in total. The quantitative estimate of drug-likeness (QED) is 0.510. The lowest BCUT2D eigenvalue weighted by Crippen LogP contribution is -2.56. The highest BCUT2D eigenvalue weighted by Gasteiger charge is 2.52. The van der Waals surface area contributed by atoms with Crippen LogP contribution in [-0.4, -0.2) is 57.7 Å². The Hall–Kier alpha value is -3.87. The Morgan fingerprint density at radius 3 is 2.06 bits per heavy atom. The van der Waals surface area contributed by atoms with Crippen LogP contribution >= 0.6 is 0 Å². The number of carbonyl (C=O) groups excluding carboxylic acids is 3. The van der Waals surface area contributed by atoms with Gasteiger partial charge in [0.1, 0.15) is 23.4 Å². The molecule has 0 aromatic heterocycles. The van der Waals surface area contributed by atoms with E-state index in [0.29, 0.717) is 0 Å². The van der Waals surface area contributed by atoms with Crippen molar-refractivity contribution in [1.82, 2.24) is 15.3 Å². The molecule has 2 aliphatic rings. The average Bonchev–Trinajstić information content (AvgIpc) is 3.04. The minimum Gasteiger partial charge on any atom is -0.443 e. The fourth-order valence-corrected chi connectivity index (χ4v) is 4.44. The molecule has 0 radical (unpaired) electrons. The van der Waals surface area contributed by atoms with E-state index in [1.807, 2.05) is 60.7 Å². The third kappa shape index (κ3) is 4.85. The highest BCUT2D eigenvalue weighted by molar-refractivity contribution is 6.08. The second kappa shape index (κ2) is 9.41. The van der Waals surface area contributed by atoms with Crippen molar-refractivity contribution in [2.75, 3.05) is 7.05 Å². The van der Waals surface area contributed by atoms with Crippen molar-refractivity contribution in [1.29, 1.82) is 0 Å². The molecule has 4 rings (SSSR count). The number of likely N-dealkylation sites (tertiary alicyclic amines) is 1. The van der Waals surface area contributed by atoms with Crippen LogP contribution in [-0.2, 0) is 14.3 Å². The van der Waals surface area contributed by atoms with E-state index in [4.69, 9.17) is 4.74 Å². The molecule has 0 aliphatic carbocycles. The monoisotopic (exact) mass is 475 g/mol. The predicted molar refractivity (Wildman–Crippen MR) is 129 cm³/mol. The van der Waals surface area contributed by atoms with Crippen LogP contribution in [0.1, 0.15) is 37.8 Å². The molecule has 35 heavy (non-hydrogen) atoms. The van der Waals surface area contributed by atoms with Gasteiger partial charge in [0, 0.05) is 13.0 Å². The van der Waals surface area contributed by atoms with Crippen molar-refractivity contribution in [3.05, 3.63) is 89.3 Å². The van der Waals surface area contributed by atoms with E-state index < -0.39 is 47.5 Å². The SMILES string of the molecule is CN1C(=O)C2C=C=C(C(O)C(c3ccccc3)c3ccccc3)N(NC(=O)OC(C)(C)C)C2C1=O. The molecule has 2 aromatic carbocycles. The molecular formula is C27H29N3O5. The molecule has 8 heteroatoms. The van der Waals surface area contributed by atoms with Gasteiger partial charge in [-0.05, 0) is 38.0 Å². The Balaban J connectivity index is 1.78. The predicted octanol–water partition coefficient (Wildman–Crippen LogP) is 2.96. The molecular weight excluding hydrogens is 446 g/mol. The number of fused-ring (bicyclic) bond motifs is 1. The molecule has 0 bridgehead atoms. The van der Waals surface area contributed by atoms with Crippen LogP contribution in [0, 0.1) is 5.92 Å². The number of hydrogen-bond donors (Lipinski definition) is 2. The number of ether oxygens (including phenoxy) is 1. The van der Waals surface area contributed by atoms with E-state index in [2.05, 4.69) is 11.2 Å². The third-order valence-corrected chi connectivity index (χ3v) is 6.01. The first-order chi connectivity index (χ1) is 16.6. The van der Waals surface area contributed by atoms with Gasteiger partial charge in [-0.1, -0.05) is 66.4 Å². The Bertz CT molecular complexity index is 1140. The lowest BCUT2D eigenvalue weighted by atomic mass is 9.84. The summed E-state index contributed by atoms with van der Waals surface area (Å²) in [6.45, 7) is 5.15. The topological polar surface area (TPSA) is 99.2 Å². The molecule has 1 saturated heterocycles. The van der Waals surface area contributed by atoms with Crippen LogP contribution in [0.5, 0.6) is 0 Å². The Morgan fingerprint density at radius 2 is 1.54 bits per heavy atom. The first-order valence-corrected chi connectivity index (χ1v) is 11.4. The summed E-state index contributed by atoms with van der Waals surface area (Å²) in [5.41, 5.74) is 6.64. The van der Waals surface area contributed by atoms with Crippen molar-refractivity contribution in [3.8, 4) is 0 Å². The first-order valence-electron chi connectivity index (χ1n) is 11.4. The molecule has 0 spiro atoms. The summed E-state index contributed by atoms with van der Waals surface area (Å²) in [7, 11) is 1.40. The number of carbonyl (C=O) groups is 3. The zero-order valence-electron chi connectivity index (χ0n) is 20.1. The minimum atomic E-state index is -1.21. The normalized spacial score (nSPS) is 20.6. The number of amides is 3. The zero-order valence-corrected chi connectivity index (χ0v) is 20.1. The zero-order chi connectivity index (χ0) is 25.3. The number of hydrazine groups is 1. The third-order valence-electron chi connectivity index (χ3n) is 6.01. The Morgan fingerprint density at radius 1 is 1.00 bits per heavy atom. The van der Waals surface area contributed by atoms with E-state index in [1.54, 1.807) is 20.8 Å². The standard InChI is InChI=1S/C27H29N3O5/c1-27(2,3)35-26(34)28-30-20(16-15-19-22(30)25(33)29(4)24(19)32)23(31)21(17-11-7-5-8-12-17)18-13-9-6-10-14-18/h5-15,19,21-23,31H,1-4H3,(H,28,34). The van der Waals surface area contributed by atoms with Crippen LogP contribution in [0.25, 0.3) is 0 Å². The molecule has 0 saturated carbocycles. The smallest absolute Gasteiger partial charge is 0.426 e. The van der Waals surface area contributed by atoms with Crippen molar-refractivity contribution in [2.24, 2.45) is 5.92 Å². The number of imide groups is 1. The van der Waals surface area contributed by atoms with Gasteiger partial charge in [0.05, 0.1) is 5.92 Å². The maximum Gasteiger partial charge on any atom is 0.426 e. The van der Waals surface area contributed by atoms with Gasteiger partial charge in [-0.3, -0.25) is 19.5 Å². The Kier molecular flexibility index (Phi) is 6.52. The van der Waals surface area contributed by atoms with E-state index in [0.717, 1.165) is 16.0 Å². The summed E-state index contributed by atoms with van der Waals surface area (Å²) in [5.74, 6) is -2.27. The summed E-state index contributed by atoms with van der Waals surface area (Å²) < 4.78 is 5.40. The van der Waals surface area contributed by atoms with Gasteiger partial charge in [-0.2, -0.15) is 0 Å². The largest absolute Gasteiger partial charge is 0.443 e. The maximum absolute atomic E-state index is 13.0. The highest BCUT2D eigenvalue weighted by atomic mass is 16.6. The van der Waals surface area contributed by atoms with E-state index in [9.17, 15) is 19.5 Å². The van der Waals surface area contributed by atoms with Gasteiger partial charge in [-0.15, -0.1) is 0 Å². The van der Waals surface area contributed by atoms with Crippen molar-refractivity contribution < 1.29 is 24.2 Å². The van der Waals surface area contributed by atoms with Crippen LogP contribution in [0.4, 0.5) is 4.79 Å². The fraction of sp³-hybridized carbons (Fsp3) is 0.333. The van der Waals surface area contributed by atoms with Gasteiger partial charge in [0.15, 0.2) is 0 Å². The van der Waals surface area contributed by atoms with Gasteiger partial charge in [0.25, 0.3) is 5.91 Å². The summed E-state index contributed by atoms with van der Waals surface area (Å²) in [5, 5.41) is 13.0. The second-order valence-corrected chi connectivity index (χ2v) is 9.63. The molecule has 182 valence electrons. The number of benzene rings is 2. The summed E-state index contributed by atoms with van der Waals surface area (Å²) >= 11 is 0. The number of aliphatic hydroxyl groups excluding tert-OH is 1. The van der Waals surface area contributed by atoms with Gasteiger partial charge < -0.3 is 9.84 Å². The number of rotatable bonds is 5. The van der Waals surface area contributed by atoms with Crippen LogP contribution < -0.4 is 5.43 Å². The summed E-state index contributed by atoms with van der Waals surface area (Å²) in [6.07, 6.45) is -0.524. The van der Waals surface area contributed by atoms with Crippen LogP contribution in [0.2, 0.25) is 0 Å². The number of likely N-dealkylation sites (N-methyl/N-ethyl adjacent to an activating group) is 1. The average molecular weight is 476 g/mol. The first kappa shape index (κ1) is 24.3. The molecule has 3 atom stereocenters. The van der Waals surface area contributed by atoms with Crippen LogP contribution in [0.3, 0.4) is 0 Å². The molecule has 8 nitrogen and oxygen atoms in total. The molecule has 2 heterocycles. The van der Waals surface area contributed by atoms with Crippen molar-refractivity contribution in [3.63, 3.8) is 0 Å². The lowest BCUT2D eigenvalue weighted by Gasteiger charge is -2.38. The number of hydrogen-bond acceptors (Lipinski definition) is 6. The molecule has 3 unspecified atom stereocenters. The number of nitrogens with one attached hydrogen (secondary N) is 1. The minimum absolute atomic E-state index is 0.159.